The average Bonchev–Trinajstić information content (AvgIpc) is 2.12. The molecule has 0 fully saturated rings. The molecular weight excluding hydrogens is 160 g/mol. The van der Waals surface area contributed by atoms with Crippen molar-refractivity contribution in [1.82, 2.24) is 0 Å². The maximum atomic E-state index is 5.39. The lowest BCUT2D eigenvalue weighted by atomic mass is 9.74. The third-order valence-corrected chi connectivity index (χ3v) is 3.48. The van der Waals surface area contributed by atoms with Gasteiger partial charge in [-0.15, -0.1) is 6.58 Å². The Hall–Kier alpha value is -0.300. The molecule has 0 N–H and O–H groups in total. The first kappa shape index (κ1) is 12.7. The van der Waals surface area contributed by atoms with E-state index in [2.05, 4.69) is 34.3 Å². The summed E-state index contributed by atoms with van der Waals surface area (Å²) < 4.78 is 5.39. The van der Waals surface area contributed by atoms with Crippen LogP contribution in [0.2, 0.25) is 0 Å². The summed E-state index contributed by atoms with van der Waals surface area (Å²) >= 11 is 0. The first-order chi connectivity index (χ1) is 5.96. The molecule has 0 saturated carbocycles. The van der Waals surface area contributed by atoms with E-state index < -0.39 is 0 Å². The maximum Gasteiger partial charge on any atom is 0.0596 e. The molecule has 0 saturated heterocycles. The molecule has 1 nitrogen and oxygen atoms in total. The number of rotatable bonds is 6. The first-order valence-electron chi connectivity index (χ1n) is 5.10. The number of ether oxygens (including phenoxy) is 1. The van der Waals surface area contributed by atoms with Crippen LogP contribution in [0.25, 0.3) is 0 Å². The first-order valence-corrected chi connectivity index (χ1v) is 5.10. The van der Waals surface area contributed by atoms with E-state index in [4.69, 9.17) is 4.74 Å². The van der Waals surface area contributed by atoms with E-state index in [-0.39, 0.29) is 5.41 Å². The molecule has 0 heterocycles. The normalized spacial score (nSPS) is 16.7. The Morgan fingerprint density at radius 2 is 1.92 bits per heavy atom. The molecule has 0 aliphatic rings. The second kappa shape index (κ2) is 5.43. The number of hydrogen-bond donors (Lipinski definition) is 0. The average molecular weight is 184 g/mol. The van der Waals surface area contributed by atoms with Crippen LogP contribution in [0.4, 0.5) is 0 Å². The molecule has 0 bridgehead atoms. The van der Waals surface area contributed by atoms with Crippen molar-refractivity contribution < 1.29 is 4.74 Å². The van der Waals surface area contributed by atoms with Crippen molar-refractivity contribution in [3.63, 3.8) is 0 Å². The van der Waals surface area contributed by atoms with E-state index >= 15 is 0 Å². The predicted molar refractivity (Wildman–Crippen MR) is 58.8 cm³/mol. The lowest BCUT2D eigenvalue weighted by molar-refractivity contribution is -0.0119. The Labute approximate surface area is 83.2 Å². The molecule has 0 spiro atoms. The fraction of sp³-hybridized carbons (Fsp3) is 0.833. The van der Waals surface area contributed by atoms with E-state index in [0.717, 1.165) is 6.42 Å². The van der Waals surface area contributed by atoms with Crippen molar-refractivity contribution in [2.75, 3.05) is 7.11 Å². The molecule has 0 aromatic rings. The van der Waals surface area contributed by atoms with Crippen LogP contribution in [0.5, 0.6) is 0 Å². The zero-order chi connectivity index (χ0) is 10.5. The maximum absolute atomic E-state index is 5.39. The molecule has 0 radical (unpaired) electrons. The molecule has 0 aromatic carbocycles. The summed E-state index contributed by atoms with van der Waals surface area (Å²) in [7, 11) is 1.78. The second-order valence-electron chi connectivity index (χ2n) is 4.47. The fourth-order valence-corrected chi connectivity index (χ4v) is 1.44. The van der Waals surface area contributed by atoms with Gasteiger partial charge in [-0.25, -0.2) is 0 Å². The van der Waals surface area contributed by atoms with Gasteiger partial charge in [-0.05, 0) is 31.1 Å². The standard InChI is InChI=1S/C12H24O/c1-7-8-9-10(2)12(4,5)11(3)13-6/h7,10-11H,1,8-9H2,2-6H3. The van der Waals surface area contributed by atoms with Crippen molar-refractivity contribution >= 4 is 0 Å². The Bertz CT molecular complexity index is 149. The van der Waals surface area contributed by atoms with Crippen LogP contribution in [0.1, 0.15) is 40.5 Å². The van der Waals surface area contributed by atoms with E-state index in [9.17, 15) is 0 Å². The van der Waals surface area contributed by atoms with Crippen molar-refractivity contribution in [2.45, 2.75) is 46.6 Å². The van der Waals surface area contributed by atoms with E-state index in [1.54, 1.807) is 7.11 Å². The van der Waals surface area contributed by atoms with Gasteiger partial charge in [0.25, 0.3) is 0 Å². The summed E-state index contributed by atoms with van der Waals surface area (Å²) in [5.41, 5.74) is 0.248. The molecule has 0 rings (SSSR count). The van der Waals surface area contributed by atoms with Gasteiger partial charge < -0.3 is 4.74 Å². The van der Waals surface area contributed by atoms with Gasteiger partial charge in [0.15, 0.2) is 0 Å². The number of hydrogen-bond acceptors (Lipinski definition) is 1. The van der Waals surface area contributed by atoms with E-state index in [0.29, 0.717) is 12.0 Å². The van der Waals surface area contributed by atoms with Gasteiger partial charge in [-0.1, -0.05) is 26.8 Å². The Balaban J connectivity index is 4.16. The third-order valence-electron chi connectivity index (χ3n) is 3.48. The summed E-state index contributed by atoms with van der Waals surface area (Å²) in [6.07, 6.45) is 4.60. The SMILES string of the molecule is C=CCCC(C)C(C)(C)C(C)OC. The largest absolute Gasteiger partial charge is 0.381 e. The molecule has 0 aromatic heterocycles. The zero-order valence-corrected chi connectivity index (χ0v) is 9.76. The zero-order valence-electron chi connectivity index (χ0n) is 9.76. The highest BCUT2D eigenvalue weighted by Gasteiger charge is 2.31. The molecule has 2 unspecified atom stereocenters. The minimum atomic E-state index is 0.248. The summed E-state index contributed by atoms with van der Waals surface area (Å²) in [6, 6.07) is 0. The van der Waals surface area contributed by atoms with Crippen LogP contribution in [0.15, 0.2) is 12.7 Å². The van der Waals surface area contributed by atoms with Crippen LogP contribution >= 0.6 is 0 Å². The van der Waals surface area contributed by atoms with Crippen molar-refractivity contribution in [2.24, 2.45) is 11.3 Å². The Kier molecular flexibility index (Phi) is 5.31. The number of allylic oxidation sites excluding steroid dienone is 1. The highest BCUT2D eigenvalue weighted by Crippen LogP contribution is 2.34. The van der Waals surface area contributed by atoms with Crippen LogP contribution in [-0.4, -0.2) is 13.2 Å². The van der Waals surface area contributed by atoms with Crippen molar-refractivity contribution in [3.05, 3.63) is 12.7 Å². The minimum absolute atomic E-state index is 0.248. The molecule has 0 aliphatic carbocycles. The van der Waals surface area contributed by atoms with Gasteiger partial charge in [-0.3, -0.25) is 0 Å². The lowest BCUT2D eigenvalue weighted by Gasteiger charge is -2.36. The van der Waals surface area contributed by atoms with Crippen molar-refractivity contribution in [3.8, 4) is 0 Å². The van der Waals surface area contributed by atoms with Crippen LogP contribution in [0.3, 0.4) is 0 Å². The molecular formula is C12H24O. The predicted octanol–water partition coefficient (Wildman–Crippen LogP) is 3.65. The summed E-state index contributed by atoms with van der Waals surface area (Å²) in [5, 5.41) is 0. The monoisotopic (exact) mass is 184 g/mol. The third kappa shape index (κ3) is 3.51. The molecule has 0 amide bonds. The van der Waals surface area contributed by atoms with Gasteiger partial charge in [0.1, 0.15) is 0 Å². The van der Waals surface area contributed by atoms with Crippen LogP contribution in [0, 0.1) is 11.3 Å². The quantitative estimate of drug-likeness (QED) is 0.572. The van der Waals surface area contributed by atoms with Crippen molar-refractivity contribution in [1.29, 1.82) is 0 Å². The molecule has 2 atom stereocenters. The highest BCUT2D eigenvalue weighted by molar-refractivity contribution is 4.82. The number of methoxy groups -OCH3 is 1. The Morgan fingerprint density at radius 1 is 1.38 bits per heavy atom. The van der Waals surface area contributed by atoms with Crippen LogP contribution < -0.4 is 0 Å². The van der Waals surface area contributed by atoms with Gasteiger partial charge in [0, 0.05) is 7.11 Å². The van der Waals surface area contributed by atoms with Gasteiger partial charge >= 0.3 is 0 Å². The summed E-state index contributed by atoms with van der Waals surface area (Å²) in [5.74, 6) is 0.667. The fourth-order valence-electron chi connectivity index (χ4n) is 1.44. The van der Waals surface area contributed by atoms with Crippen LogP contribution in [-0.2, 0) is 4.74 Å². The highest BCUT2D eigenvalue weighted by atomic mass is 16.5. The smallest absolute Gasteiger partial charge is 0.0596 e. The topological polar surface area (TPSA) is 9.23 Å². The second-order valence-corrected chi connectivity index (χ2v) is 4.47. The minimum Gasteiger partial charge on any atom is -0.381 e. The van der Waals surface area contributed by atoms with Gasteiger partial charge in [-0.2, -0.15) is 0 Å². The van der Waals surface area contributed by atoms with Gasteiger partial charge in [0.2, 0.25) is 0 Å². The molecule has 78 valence electrons. The van der Waals surface area contributed by atoms with E-state index in [1.807, 2.05) is 6.08 Å². The summed E-state index contributed by atoms with van der Waals surface area (Å²) in [6.45, 7) is 12.7. The van der Waals surface area contributed by atoms with E-state index in [1.165, 1.54) is 6.42 Å². The summed E-state index contributed by atoms with van der Waals surface area (Å²) in [4.78, 5) is 0. The lowest BCUT2D eigenvalue weighted by Crippen LogP contribution is -2.34. The molecule has 13 heavy (non-hydrogen) atoms. The van der Waals surface area contributed by atoms with Gasteiger partial charge in [0.05, 0.1) is 6.10 Å². The Morgan fingerprint density at radius 3 is 2.31 bits per heavy atom. The molecule has 0 aliphatic heterocycles. The molecule has 1 heteroatoms.